The minimum atomic E-state index is 0.619. The Balaban J connectivity index is 1.12. The Bertz CT molecular complexity index is 3610. The predicted molar refractivity (Wildman–Crippen MR) is 252 cm³/mol. The average Bonchev–Trinajstić information content (AvgIpc) is 3.86. The molecule has 3 aromatic heterocycles. The predicted octanol–water partition coefficient (Wildman–Crippen LogP) is 14.8. The lowest BCUT2D eigenvalue weighted by Crippen LogP contribution is -2.02. The fraction of sp³-hybridized carbons (Fsp3) is 0. The molecule has 0 unspecified atom stereocenters. The van der Waals surface area contributed by atoms with Crippen molar-refractivity contribution in [1.82, 2.24) is 19.5 Å². The molecule has 12 rings (SSSR count). The van der Waals surface area contributed by atoms with Gasteiger partial charge in [0.1, 0.15) is 0 Å². The van der Waals surface area contributed by atoms with Gasteiger partial charge in [0.05, 0.1) is 11.0 Å². The van der Waals surface area contributed by atoms with Gasteiger partial charge in [0.15, 0.2) is 17.5 Å². The van der Waals surface area contributed by atoms with Crippen molar-refractivity contribution in [3.63, 3.8) is 0 Å². The SMILES string of the molecule is c1ccc(-c2cccc(-c3cc(-n4c5ccccc5c5cc6ccccc6cc54)ccc3-c3nc(-c4ccccc4)nc(-c4ccc5sc6ccccc6c5c4)n3)c2)cc1. The van der Waals surface area contributed by atoms with E-state index in [1.54, 1.807) is 0 Å². The van der Waals surface area contributed by atoms with Crippen molar-refractivity contribution in [3.05, 3.63) is 206 Å². The summed E-state index contributed by atoms with van der Waals surface area (Å²) < 4.78 is 4.91. The van der Waals surface area contributed by atoms with Crippen LogP contribution in [0, 0.1) is 0 Å². The zero-order valence-electron chi connectivity index (χ0n) is 32.3. The lowest BCUT2D eigenvalue weighted by molar-refractivity contribution is 1.07. The lowest BCUT2D eigenvalue weighted by Gasteiger charge is -2.16. The van der Waals surface area contributed by atoms with Crippen LogP contribution < -0.4 is 0 Å². The monoisotopic (exact) mass is 782 g/mol. The number of hydrogen-bond acceptors (Lipinski definition) is 4. The second kappa shape index (κ2) is 14.0. The Morgan fingerprint density at radius 2 is 0.950 bits per heavy atom. The van der Waals surface area contributed by atoms with Crippen LogP contribution in [-0.2, 0) is 0 Å². The van der Waals surface area contributed by atoms with E-state index in [4.69, 9.17) is 15.0 Å². The highest BCUT2D eigenvalue weighted by Gasteiger charge is 2.20. The van der Waals surface area contributed by atoms with Crippen molar-refractivity contribution >= 4 is 64.1 Å². The molecule has 0 saturated carbocycles. The Hall–Kier alpha value is -7.73. The fourth-order valence-corrected chi connectivity index (χ4v) is 9.83. The summed E-state index contributed by atoms with van der Waals surface area (Å²) in [5.74, 6) is 1.89. The first-order chi connectivity index (χ1) is 29.7. The Morgan fingerprint density at radius 3 is 1.78 bits per heavy atom. The van der Waals surface area contributed by atoms with Crippen LogP contribution in [0.2, 0.25) is 0 Å². The van der Waals surface area contributed by atoms with Gasteiger partial charge in [-0.15, -0.1) is 11.3 Å². The summed E-state index contributed by atoms with van der Waals surface area (Å²) >= 11 is 1.81. The van der Waals surface area contributed by atoms with E-state index in [1.165, 1.54) is 41.7 Å². The molecule has 0 N–H and O–H groups in total. The quantitative estimate of drug-likeness (QED) is 0.169. The summed E-state index contributed by atoms with van der Waals surface area (Å²) in [5.41, 5.74) is 10.6. The third kappa shape index (κ3) is 5.78. The summed E-state index contributed by atoms with van der Waals surface area (Å²) in [6, 6.07) is 73.5. The molecule has 0 spiro atoms. The highest BCUT2D eigenvalue weighted by atomic mass is 32.1. The third-order valence-electron chi connectivity index (χ3n) is 11.6. The molecule has 0 fully saturated rings. The van der Waals surface area contributed by atoms with Crippen molar-refractivity contribution in [1.29, 1.82) is 0 Å². The average molecular weight is 783 g/mol. The molecule has 0 radical (unpaired) electrons. The van der Waals surface area contributed by atoms with Gasteiger partial charge >= 0.3 is 0 Å². The summed E-state index contributed by atoms with van der Waals surface area (Å²) in [6.45, 7) is 0. The van der Waals surface area contributed by atoms with Crippen LogP contribution in [0.1, 0.15) is 0 Å². The van der Waals surface area contributed by atoms with Crippen LogP contribution in [0.4, 0.5) is 0 Å². The van der Waals surface area contributed by atoms with Gasteiger partial charge in [-0.1, -0.05) is 140 Å². The van der Waals surface area contributed by atoms with Gasteiger partial charge in [-0.05, 0) is 99.8 Å². The zero-order valence-corrected chi connectivity index (χ0v) is 33.1. The summed E-state index contributed by atoms with van der Waals surface area (Å²) in [4.78, 5) is 15.8. The second-order valence-electron chi connectivity index (χ2n) is 15.2. The number of benzene rings is 9. The lowest BCUT2D eigenvalue weighted by atomic mass is 9.94. The van der Waals surface area contributed by atoms with Crippen molar-refractivity contribution in [2.75, 3.05) is 0 Å². The first-order valence-corrected chi connectivity index (χ1v) is 21.0. The fourth-order valence-electron chi connectivity index (χ4n) is 8.74. The molecule has 60 heavy (non-hydrogen) atoms. The maximum atomic E-state index is 5.34. The molecule has 12 aromatic rings. The van der Waals surface area contributed by atoms with Gasteiger partial charge in [0.2, 0.25) is 0 Å². The molecule has 5 heteroatoms. The summed E-state index contributed by atoms with van der Waals surface area (Å²) in [7, 11) is 0. The van der Waals surface area contributed by atoms with Crippen molar-refractivity contribution in [2.45, 2.75) is 0 Å². The van der Waals surface area contributed by atoms with Gasteiger partial charge in [0.25, 0.3) is 0 Å². The van der Waals surface area contributed by atoms with Crippen LogP contribution in [-0.4, -0.2) is 19.5 Å². The van der Waals surface area contributed by atoms with Crippen LogP contribution in [0.15, 0.2) is 206 Å². The summed E-state index contributed by atoms with van der Waals surface area (Å²) in [5, 5.41) is 7.34. The third-order valence-corrected chi connectivity index (χ3v) is 12.8. The van der Waals surface area contributed by atoms with Crippen molar-refractivity contribution < 1.29 is 0 Å². The Labute approximate surface area is 350 Å². The molecule has 0 aliphatic carbocycles. The number of fused-ring (bicyclic) bond motifs is 7. The van der Waals surface area contributed by atoms with E-state index in [0.717, 1.165) is 55.7 Å². The molecular weight excluding hydrogens is 749 g/mol. The molecule has 0 amide bonds. The number of rotatable bonds is 6. The highest BCUT2D eigenvalue weighted by Crippen LogP contribution is 2.41. The number of thiophene rings is 1. The van der Waals surface area contributed by atoms with E-state index in [1.807, 2.05) is 29.5 Å². The van der Waals surface area contributed by atoms with Crippen LogP contribution in [0.3, 0.4) is 0 Å². The smallest absolute Gasteiger partial charge is 0.164 e. The molecule has 0 saturated heterocycles. The molecule has 0 aliphatic rings. The number of nitrogens with zero attached hydrogens (tertiary/aromatic N) is 4. The van der Waals surface area contributed by atoms with Gasteiger partial charge in [-0.2, -0.15) is 0 Å². The van der Waals surface area contributed by atoms with E-state index < -0.39 is 0 Å². The van der Waals surface area contributed by atoms with E-state index in [0.29, 0.717) is 17.5 Å². The summed E-state index contributed by atoms with van der Waals surface area (Å²) in [6.07, 6.45) is 0. The standard InChI is InChI=1S/C55H34N4S/c1-3-14-35(15-4-1)37-20-13-21-40(30-37)46-34-42(59-49-24-11-9-22-43(49)47-31-38-18-7-8-19-39(38)33-50(47)59)27-28-45(46)55-57-53(36-16-5-2-6-17-36)56-54(58-55)41-26-29-52-48(32-41)44-23-10-12-25-51(44)60-52/h1-34H. The topological polar surface area (TPSA) is 43.6 Å². The molecule has 0 aliphatic heterocycles. The van der Waals surface area contributed by atoms with Gasteiger partial charge in [0, 0.05) is 53.3 Å². The van der Waals surface area contributed by atoms with Crippen LogP contribution in [0.25, 0.3) is 115 Å². The number of para-hydroxylation sites is 1. The molecule has 4 nitrogen and oxygen atoms in total. The van der Waals surface area contributed by atoms with Crippen molar-refractivity contribution in [2.24, 2.45) is 0 Å². The van der Waals surface area contributed by atoms with Crippen LogP contribution in [0.5, 0.6) is 0 Å². The molecule has 9 aromatic carbocycles. The molecule has 3 heterocycles. The molecule has 0 bridgehead atoms. The van der Waals surface area contributed by atoms with Crippen molar-refractivity contribution in [3.8, 4) is 62.1 Å². The van der Waals surface area contributed by atoms with E-state index in [-0.39, 0.29) is 0 Å². The molecule has 0 atom stereocenters. The molecule has 280 valence electrons. The first kappa shape index (κ1) is 34.3. The maximum absolute atomic E-state index is 5.34. The minimum absolute atomic E-state index is 0.619. The normalized spacial score (nSPS) is 11.7. The van der Waals surface area contributed by atoms with E-state index in [9.17, 15) is 0 Å². The number of aromatic nitrogens is 4. The number of hydrogen-bond donors (Lipinski definition) is 0. The first-order valence-electron chi connectivity index (χ1n) is 20.2. The second-order valence-corrected chi connectivity index (χ2v) is 16.3. The van der Waals surface area contributed by atoms with Crippen LogP contribution >= 0.6 is 11.3 Å². The van der Waals surface area contributed by atoms with Gasteiger partial charge < -0.3 is 4.57 Å². The highest BCUT2D eigenvalue weighted by molar-refractivity contribution is 7.25. The van der Waals surface area contributed by atoms with Gasteiger partial charge in [-0.25, -0.2) is 15.0 Å². The van der Waals surface area contributed by atoms with E-state index in [2.05, 4.69) is 193 Å². The minimum Gasteiger partial charge on any atom is -0.309 e. The zero-order chi connectivity index (χ0) is 39.6. The Morgan fingerprint density at radius 1 is 0.317 bits per heavy atom. The maximum Gasteiger partial charge on any atom is 0.164 e. The molecular formula is C55H34N4S. The Kier molecular flexibility index (Phi) is 8.00. The largest absolute Gasteiger partial charge is 0.309 e. The van der Waals surface area contributed by atoms with E-state index >= 15 is 0 Å². The van der Waals surface area contributed by atoms with Gasteiger partial charge in [-0.3, -0.25) is 0 Å².